The summed E-state index contributed by atoms with van der Waals surface area (Å²) >= 11 is 4.69. The number of alkyl halides is 1. The van der Waals surface area contributed by atoms with Crippen molar-refractivity contribution in [2.75, 3.05) is 6.56 Å². The van der Waals surface area contributed by atoms with Gasteiger partial charge in [0, 0.05) is 6.20 Å². The minimum atomic E-state index is -5.98. The highest BCUT2D eigenvalue weighted by Crippen LogP contribution is 2.58. The summed E-state index contributed by atoms with van der Waals surface area (Å²) in [6, 6.07) is 0. The molecule has 2 heterocycles. The number of rotatable bonds is 7. The molecule has 14 nitrogen and oxygen atoms in total. The number of aldehydes is 1. The van der Waals surface area contributed by atoms with Crippen LogP contribution < -0.4 is 5.69 Å². The van der Waals surface area contributed by atoms with Crippen LogP contribution in [-0.2, 0) is 22.7 Å². The van der Waals surface area contributed by atoms with Crippen molar-refractivity contribution in [1.82, 2.24) is 9.55 Å². The van der Waals surface area contributed by atoms with Gasteiger partial charge in [0.25, 0.3) is 5.85 Å². The summed E-state index contributed by atoms with van der Waals surface area (Å²) in [4.78, 5) is 51.2. The van der Waals surface area contributed by atoms with Crippen molar-refractivity contribution in [3.05, 3.63) is 26.9 Å². The number of nitrogens with zero attached hydrogens (tertiary/aromatic N) is 1. The molecular formula is C10H13FN2O12P2S. The second-order valence-corrected chi connectivity index (χ2v) is 8.35. The normalized spacial score (nSPS) is 31.7. The van der Waals surface area contributed by atoms with Gasteiger partial charge in [0.15, 0.2) is 12.5 Å². The summed E-state index contributed by atoms with van der Waals surface area (Å²) in [6.07, 6.45) is -6.61. The number of H-pyrrole nitrogens is 1. The fourth-order valence-electron chi connectivity index (χ4n) is 2.04. The molecule has 0 radical (unpaired) electrons. The molecule has 1 fully saturated rings. The van der Waals surface area contributed by atoms with E-state index >= 15 is 4.39 Å². The van der Waals surface area contributed by atoms with Gasteiger partial charge in [-0.15, -0.1) is 0 Å². The van der Waals surface area contributed by atoms with Gasteiger partial charge in [-0.25, -0.2) is 18.3 Å². The van der Waals surface area contributed by atoms with Gasteiger partial charge in [0.2, 0.25) is 0 Å². The van der Waals surface area contributed by atoms with Crippen molar-refractivity contribution < 1.29 is 59.5 Å². The van der Waals surface area contributed by atoms with Crippen LogP contribution in [0.15, 0.2) is 11.0 Å². The van der Waals surface area contributed by atoms with Crippen molar-refractivity contribution in [2.24, 2.45) is 0 Å². The van der Waals surface area contributed by atoms with Crippen molar-refractivity contribution in [2.45, 2.75) is 24.3 Å². The second-order valence-electron chi connectivity index (χ2n) is 5.19. The predicted octanol–water partition coefficient (Wildman–Crippen LogP) is -1.14. The number of hydrogen-bond donors (Lipinski definition) is 6. The Morgan fingerprint density at radius 1 is 1.46 bits per heavy atom. The first-order valence-corrected chi connectivity index (χ1v) is 10.2. The Hall–Kier alpha value is -1.16. The molecule has 0 aliphatic carbocycles. The molecule has 0 bridgehead atoms. The molecule has 0 amide bonds. The zero-order chi connectivity index (χ0) is 23.3. The minimum absolute atomic E-state index is 0.180. The molecule has 1 saturated heterocycles. The summed E-state index contributed by atoms with van der Waals surface area (Å²) in [5.74, 6) is -4.18. The Balaban J connectivity index is 2.45. The van der Waals surface area contributed by atoms with Gasteiger partial charge in [0.1, 0.15) is 23.4 Å². The summed E-state index contributed by atoms with van der Waals surface area (Å²) in [6.45, 7) is -4.18. The van der Waals surface area contributed by atoms with Crippen LogP contribution in [-0.4, -0.2) is 65.4 Å². The lowest BCUT2D eigenvalue weighted by Crippen LogP contribution is -2.43. The van der Waals surface area contributed by atoms with Crippen LogP contribution in [0, 0.1) is 4.64 Å². The lowest BCUT2D eigenvalue weighted by Gasteiger charge is -2.23. The van der Waals surface area contributed by atoms with Gasteiger partial charge in [-0.2, -0.15) is 4.31 Å². The zero-order valence-corrected chi connectivity index (χ0v) is 15.7. The molecule has 0 spiro atoms. The number of aliphatic hydroxyl groups is 2. The van der Waals surface area contributed by atoms with Gasteiger partial charge in [0.05, 0.1) is 8.30 Å². The fraction of sp³-hybridized carbons (Fsp3) is 0.500. The van der Waals surface area contributed by atoms with E-state index in [0.717, 1.165) is 0 Å². The first-order chi connectivity index (χ1) is 13.4. The lowest BCUT2D eigenvalue weighted by atomic mass is 10.1. The number of nitrogens with one attached hydrogen (secondary N) is 1. The second kappa shape index (κ2) is 7.93. The number of aliphatic hydroxyl groups excluding tert-OH is 2. The van der Waals surface area contributed by atoms with E-state index in [4.69, 9.17) is 12.5 Å². The van der Waals surface area contributed by atoms with Crippen LogP contribution in [0.1, 0.15) is 19.3 Å². The number of carbonyl (C=O) groups is 1. The van der Waals surface area contributed by atoms with Crippen LogP contribution in [0.2, 0.25) is 0 Å². The van der Waals surface area contributed by atoms with Gasteiger partial charge in [-0.3, -0.25) is 18.9 Å². The molecule has 2 rings (SSSR count). The Bertz CT molecular complexity index is 1060. The van der Waals surface area contributed by atoms with Gasteiger partial charge >= 0.3 is 21.3 Å². The van der Waals surface area contributed by atoms with Crippen LogP contribution in [0.3, 0.4) is 0 Å². The minimum Gasteiger partial charge on any atom is -0.385 e. The fourth-order valence-corrected chi connectivity index (χ4v) is 3.68. The summed E-state index contributed by atoms with van der Waals surface area (Å²) in [5.41, 5.74) is -1.51. The first kappa shape index (κ1) is 20.1. The van der Waals surface area contributed by atoms with E-state index in [-0.39, 0.29) is 16.5 Å². The van der Waals surface area contributed by atoms with E-state index < -0.39 is 52.2 Å². The monoisotopic (exact) mass is 468 g/mol. The van der Waals surface area contributed by atoms with Crippen molar-refractivity contribution in [3.8, 4) is 0 Å². The van der Waals surface area contributed by atoms with Crippen LogP contribution in [0.4, 0.5) is 4.39 Å². The lowest BCUT2D eigenvalue weighted by molar-refractivity contribution is -0.204. The Kier molecular flexibility index (Phi) is 5.70. The van der Waals surface area contributed by atoms with E-state index in [1.165, 1.54) is 0 Å². The standard InChI is InChI=1S/C10H13FN2O12P2S/c11-10(3-23-27(21,22)25-26(18,19)20)6(16)5(15)8(24-10)13-1-4(2-14)7(28)12-9(13)17/h1-2,5-6,8,15-16H,3H2,(H,21,22)(H,12,17,28)(H2,18,19,20)/t5-,6+,8-,10-/m1/s1/i3D2. The average molecular weight is 468 g/mol. The van der Waals surface area contributed by atoms with Gasteiger partial charge in [-0.05, 0) is 0 Å². The SMILES string of the molecule is [2H]C([2H])(OP(=O)(O)OP(=O)(O)O)[C@@]1(F)O[C@@H](n2cc(C=O)c(=S)[nH]c2=O)[C@H](O)[C@@H]1O. The molecule has 1 aromatic rings. The van der Waals surface area contributed by atoms with E-state index in [2.05, 4.69) is 25.8 Å². The Morgan fingerprint density at radius 3 is 2.61 bits per heavy atom. The van der Waals surface area contributed by atoms with Gasteiger partial charge in [-0.1, -0.05) is 12.2 Å². The van der Waals surface area contributed by atoms with Crippen molar-refractivity contribution in [1.29, 1.82) is 0 Å². The molecule has 1 aliphatic rings. The number of phosphoric acid groups is 2. The maximum Gasteiger partial charge on any atom is 0.481 e. The highest BCUT2D eigenvalue weighted by atomic mass is 32.1. The topological polar surface area (TPSA) is 218 Å². The number of carbonyl (C=O) groups excluding carboxylic acids is 1. The zero-order valence-electron chi connectivity index (χ0n) is 15.1. The van der Waals surface area contributed by atoms with E-state index in [9.17, 15) is 33.8 Å². The van der Waals surface area contributed by atoms with E-state index in [1.807, 2.05) is 4.98 Å². The Morgan fingerprint density at radius 2 is 2.07 bits per heavy atom. The highest BCUT2D eigenvalue weighted by molar-refractivity contribution is 7.71. The van der Waals surface area contributed by atoms with Crippen LogP contribution in [0.25, 0.3) is 0 Å². The average Bonchev–Trinajstić information content (AvgIpc) is 2.77. The molecule has 1 aliphatic heterocycles. The third kappa shape index (κ3) is 5.06. The molecule has 0 saturated carbocycles. The molecule has 158 valence electrons. The number of hydrogen-bond acceptors (Lipinski definition) is 10. The molecule has 18 heteroatoms. The first-order valence-electron chi connectivity index (χ1n) is 7.78. The third-order valence-corrected chi connectivity index (χ3v) is 5.53. The van der Waals surface area contributed by atoms with Crippen LogP contribution in [0.5, 0.6) is 0 Å². The molecule has 1 aromatic heterocycles. The predicted molar refractivity (Wildman–Crippen MR) is 86.2 cm³/mol. The largest absolute Gasteiger partial charge is 0.481 e. The van der Waals surface area contributed by atoms with Crippen molar-refractivity contribution >= 4 is 34.1 Å². The summed E-state index contributed by atoms with van der Waals surface area (Å²) in [5, 5.41) is 20.0. The number of phosphoric ester groups is 1. The number of ether oxygens (including phenoxy) is 1. The quantitative estimate of drug-likeness (QED) is 0.159. The maximum atomic E-state index is 15.2. The number of aromatic nitrogens is 2. The maximum absolute atomic E-state index is 15.2. The number of halogens is 1. The third-order valence-electron chi connectivity index (χ3n) is 3.19. The van der Waals surface area contributed by atoms with Crippen molar-refractivity contribution in [3.63, 3.8) is 0 Å². The smallest absolute Gasteiger partial charge is 0.385 e. The van der Waals surface area contributed by atoms with E-state index in [0.29, 0.717) is 10.8 Å². The molecular weight excluding hydrogens is 453 g/mol. The summed E-state index contributed by atoms with van der Waals surface area (Å²) in [7, 11) is -11.7. The molecule has 6 N–H and O–H groups in total. The highest BCUT2D eigenvalue weighted by Gasteiger charge is 2.57. The van der Waals surface area contributed by atoms with Crippen LogP contribution >= 0.6 is 27.9 Å². The summed E-state index contributed by atoms with van der Waals surface area (Å²) < 4.78 is 64.0. The molecule has 0 aromatic carbocycles. The Labute approximate surface area is 161 Å². The van der Waals surface area contributed by atoms with E-state index in [1.54, 1.807) is 0 Å². The van der Waals surface area contributed by atoms with Gasteiger partial charge < -0.3 is 29.6 Å². The number of aromatic amines is 1. The molecule has 28 heavy (non-hydrogen) atoms. The molecule has 1 unspecified atom stereocenters. The molecule has 5 atom stereocenters.